The number of carbonyl (C=O) groups is 1. The summed E-state index contributed by atoms with van der Waals surface area (Å²) < 4.78 is 0. The van der Waals surface area contributed by atoms with Gasteiger partial charge in [-0.1, -0.05) is 19.3 Å². The zero-order valence-electron chi connectivity index (χ0n) is 11.0. The molecule has 2 aliphatic rings. The number of amides is 1. The minimum absolute atomic E-state index is 0.120. The first kappa shape index (κ1) is 13.4. The minimum atomic E-state index is -0.636. The van der Waals surface area contributed by atoms with Crippen LogP contribution in [-0.4, -0.2) is 17.5 Å². The van der Waals surface area contributed by atoms with Gasteiger partial charge in [0.1, 0.15) is 5.54 Å². The molecule has 2 rings (SSSR count). The van der Waals surface area contributed by atoms with Gasteiger partial charge < -0.3 is 11.1 Å². The summed E-state index contributed by atoms with van der Waals surface area (Å²) in [5.74, 6) is 0.182. The number of hydrogen-bond donors (Lipinski definition) is 2. The number of hydrogen-bond acceptors (Lipinski definition) is 3. The van der Waals surface area contributed by atoms with E-state index in [9.17, 15) is 10.1 Å². The van der Waals surface area contributed by atoms with Crippen molar-refractivity contribution in [2.24, 2.45) is 11.7 Å². The number of nitrogens with one attached hydrogen (secondary N) is 1. The Morgan fingerprint density at radius 1 is 1.22 bits per heavy atom. The third kappa shape index (κ3) is 2.84. The summed E-state index contributed by atoms with van der Waals surface area (Å²) in [6, 6.07) is 1.84. The molecule has 0 aromatic heterocycles. The molecule has 100 valence electrons. The van der Waals surface area contributed by atoms with Crippen molar-refractivity contribution in [3.63, 3.8) is 0 Å². The predicted octanol–water partition coefficient (Wildman–Crippen LogP) is 1.85. The first-order valence-electron chi connectivity index (χ1n) is 7.16. The van der Waals surface area contributed by atoms with Crippen LogP contribution in [0.25, 0.3) is 0 Å². The van der Waals surface area contributed by atoms with E-state index in [4.69, 9.17) is 5.73 Å². The molecule has 0 heterocycles. The standard InChI is InChI=1S/C14H23N3O/c15-10-14(8-4-5-9-14)17-13(18)12(16)11-6-2-1-3-7-11/h11-12H,1-9,16H2,(H,17,18)/t12-/m0/s1. The Labute approximate surface area is 109 Å². The van der Waals surface area contributed by atoms with E-state index in [0.717, 1.165) is 38.5 Å². The molecule has 0 bridgehead atoms. The summed E-state index contributed by atoms with van der Waals surface area (Å²) >= 11 is 0. The van der Waals surface area contributed by atoms with Crippen molar-refractivity contribution in [1.82, 2.24) is 5.32 Å². The van der Waals surface area contributed by atoms with Gasteiger partial charge in [-0.15, -0.1) is 0 Å². The molecule has 1 amide bonds. The van der Waals surface area contributed by atoms with E-state index < -0.39 is 11.6 Å². The highest BCUT2D eigenvalue weighted by Gasteiger charge is 2.37. The van der Waals surface area contributed by atoms with Gasteiger partial charge >= 0.3 is 0 Å². The Balaban J connectivity index is 1.92. The van der Waals surface area contributed by atoms with Gasteiger partial charge in [-0.25, -0.2) is 0 Å². The van der Waals surface area contributed by atoms with Crippen LogP contribution >= 0.6 is 0 Å². The van der Waals surface area contributed by atoms with Crippen molar-refractivity contribution in [3.05, 3.63) is 0 Å². The summed E-state index contributed by atoms with van der Waals surface area (Å²) in [5, 5.41) is 12.2. The number of rotatable bonds is 3. The maximum absolute atomic E-state index is 12.2. The summed E-state index contributed by atoms with van der Waals surface area (Å²) in [7, 11) is 0. The molecule has 4 nitrogen and oxygen atoms in total. The molecular weight excluding hydrogens is 226 g/mol. The lowest BCUT2D eigenvalue weighted by Crippen LogP contribution is -2.54. The molecule has 3 N–H and O–H groups in total. The Kier molecular flexibility index (Phi) is 4.23. The highest BCUT2D eigenvalue weighted by atomic mass is 16.2. The smallest absolute Gasteiger partial charge is 0.238 e. The van der Waals surface area contributed by atoms with Gasteiger partial charge in [0.05, 0.1) is 12.1 Å². The monoisotopic (exact) mass is 249 g/mol. The summed E-state index contributed by atoms with van der Waals surface area (Å²) in [6.07, 6.45) is 9.29. The van der Waals surface area contributed by atoms with E-state index in [2.05, 4.69) is 11.4 Å². The van der Waals surface area contributed by atoms with Gasteiger partial charge in [-0.2, -0.15) is 5.26 Å². The minimum Gasteiger partial charge on any atom is -0.336 e. The fourth-order valence-electron chi connectivity index (χ4n) is 3.27. The second-order valence-corrected chi connectivity index (χ2v) is 5.81. The molecule has 0 spiro atoms. The zero-order valence-corrected chi connectivity index (χ0v) is 11.0. The average molecular weight is 249 g/mol. The van der Waals surface area contributed by atoms with Gasteiger partial charge in [0.15, 0.2) is 0 Å². The van der Waals surface area contributed by atoms with E-state index >= 15 is 0 Å². The summed E-state index contributed by atoms with van der Waals surface area (Å²) in [4.78, 5) is 12.2. The highest BCUT2D eigenvalue weighted by Crippen LogP contribution is 2.30. The van der Waals surface area contributed by atoms with Crippen LogP contribution in [0, 0.1) is 17.2 Å². The topological polar surface area (TPSA) is 78.9 Å². The SMILES string of the molecule is N#CC1(NC(=O)[C@@H](N)C2CCCCC2)CCCC1. The van der Waals surface area contributed by atoms with Crippen LogP contribution in [-0.2, 0) is 4.79 Å². The zero-order chi connectivity index (χ0) is 13.0. The Morgan fingerprint density at radius 2 is 1.83 bits per heavy atom. The molecule has 0 saturated heterocycles. The molecule has 0 radical (unpaired) electrons. The predicted molar refractivity (Wildman–Crippen MR) is 69.5 cm³/mol. The largest absolute Gasteiger partial charge is 0.336 e. The van der Waals surface area contributed by atoms with Crippen LogP contribution in [0.5, 0.6) is 0 Å². The quantitative estimate of drug-likeness (QED) is 0.801. The van der Waals surface area contributed by atoms with E-state index in [1.54, 1.807) is 0 Å². The number of nitrogens with two attached hydrogens (primary N) is 1. The number of nitrogens with zero attached hydrogens (tertiary/aromatic N) is 1. The van der Waals surface area contributed by atoms with Crippen LogP contribution in [0.1, 0.15) is 57.8 Å². The molecule has 0 aliphatic heterocycles. The molecule has 4 heteroatoms. The Hall–Kier alpha value is -1.08. The second-order valence-electron chi connectivity index (χ2n) is 5.81. The van der Waals surface area contributed by atoms with Crippen LogP contribution in [0.15, 0.2) is 0 Å². The first-order valence-corrected chi connectivity index (χ1v) is 7.16. The molecule has 1 atom stereocenters. The molecule has 2 saturated carbocycles. The number of carbonyl (C=O) groups excluding carboxylic acids is 1. The van der Waals surface area contributed by atoms with Gasteiger partial charge in [-0.05, 0) is 44.4 Å². The highest BCUT2D eigenvalue weighted by molar-refractivity contribution is 5.83. The number of nitriles is 1. The molecule has 0 unspecified atom stereocenters. The fraction of sp³-hybridized carbons (Fsp3) is 0.857. The van der Waals surface area contributed by atoms with E-state index in [-0.39, 0.29) is 5.91 Å². The third-order valence-electron chi connectivity index (χ3n) is 4.49. The van der Waals surface area contributed by atoms with Crippen LogP contribution in [0.3, 0.4) is 0 Å². The molecule has 2 aliphatic carbocycles. The maximum atomic E-state index is 12.2. The van der Waals surface area contributed by atoms with Gasteiger partial charge in [0.25, 0.3) is 0 Å². The van der Waals surface area contributed by atoms with Gasteiger partial charge in [0.2, 0.25) is 5.91 Å². The lowest BCUT2D eigenvalue weighted by atomic mass is 9.83. The average Bonchev–Trinajstić information content (AvgIpc) is 2.88. The lowest BCUT2D eigenvalue weighted by molar-refractivity contribution is -0.125. The van der Waals surface area contributed by atoms with E-state index in [1.807, 2.05) is 0 Å². The maximum Gasteiger partial charge on any atom is 0.238 e. The molecule has 0 aromatic carbocycles. The van der Waals surface area contributed by atoms with Crippen LogP contribution in [0.4, 0.5) is 0 Å². The first-order chi connectivity index (χ1) is 8.67. The van der Waals surface area contributed by atoms with Crippen LogP contribution < -0.4 is 11.1 Å². The second kappa shape index (κ2) is 5.71. The van der Waals surface area contributed by atoms with Gasteiger partial charge in [0, 0.05) is 0 Å². The summed E-state index contributed by atoms with van der Waals surface area (Å²) in [6.45, 7) is 0. The molecule has 2 fully saturated rings. The van der Waals surface area contributed by atoms with E-state index in [0.29, 0.717) is 5.92 Å². The van der Waals surface area contributed by atoms with E-state index in [1.165, 1.54) is 19.3 Å². The summed E-state index contributed by atoms with van der Waals surface area (Å²) in [5.41, 5.74) is 5.43. The fourth-order valence-corrected chi connectivity index (χ4v) is 3.27. The molecular formula is C14H23N3O. The van der Waals surface area contributed by atoms with Crippen molar-refractivity contribution >= 4 is 5.91 Å². The third-order valence-corrected chi connectivity index (χ3v) is 4.49. The molecule has 18 heavy (non-hydrogen) atoms. The van der Waals surface area contributed by atoms with Crippen molar-refractivity contribution in [2.45, 2.75) is 69.4 Å². The Bertz CT molecular complexity index is 335. The van der Waals surface area contributed by atoms with Gasteiger partial charge in [-0.3, -0.25) is 4.79 Å². The van der Waals surface area contributed by atoms with Crippen molar-refractivity contribution < 1.29 is 4.79 Å². The van der Waals surface area contributed by atoms with Crippen molar-refractivity contribution in [2.75, 3.05) is 0 Å². The van der Waals surface area contributed by atoms with Crippen molar-refractivity contribution in [1.29, 1.82) is 5.26 Å². The van der Waals surface area contributed by atoms with Crippen molar-refractivity contribution in [3.8, 4) is 6.07 Å². The normalized spacial score (nSPS) is 25.3. The lowest BCUT2D eigenvalue weighted by Gasteiger charge is -2.30. The molecule has 0 aromatic rings. The Morgan fingerprint density at radius 3 is 2.39 bits per heavy atom. The van der Waals surface area contributed by atoms with Crippen LogP contribution in [0.2, 0.25) is 0 Å².